The zero-order chi connectivity index (χ0) is 14.8. The number of carboxylic acids is 1. The molecule has 0 radical (unpaired) electrons. The third-order valence-electron chi connectivity index (χ3n) is 3.51. The Hall–Kier alpha value is -1.35. The van der Waals surface area contributed by atoms with Gasteiger partial charge in [0, 0.05) is 5.92 Å². The number of hydrogen-bond donors (Lipinski definition) is 2. The number of carboxylic acid groups (broad SMARTS) is 1. The van der Waals surface area contributed by atoms with E-state index in [0.29, 0.717) is 0 Å². The van der Waals surface area contributed by atoms with Gasteiger partial charge < -0.3 is 10.2 Å². The van der Waals surface area contributed by atoms with Crippen LogP contribution in [0.3, 0.4) is 0 Å². The van der Waals surface area contributed by atoms with Crippen molar-refractivity contribution in [3.63, 3.8) is 0 Å². The van der Waals surface area contributed by atoms with E-state index in [1.165, 1.54) is 5.56 Å². The molecule has 0 aliphatic rings. The van der Waals surface area contributed by atoms with Crippen molar-refractivity contribution in [2.45, 2.75) is 52.4 Å². The molecule has 0 spiro atoms. The summed E-state index contributed by atoms with van der Waals surface area (Å²) in [5.74, 6) is -1.20. The van der Waals surface area contributed by atoms with Crippen molar-refractivity contribution in [2.75, 3.05) is 6.61 Å². The van der Waals surface area contributed by atoms with Crippen LogP contribution in [0.15, 0.2) is 12.1 Å². The molecule has 0 bridgehead atoms. The van der Waals surface area contributed by atoms with Crippen LogP contribution in [-0.2, 0) is 10.2 Å². The lowest BCUT2D eigenvalue weighted by atomic mass is 9.81. The first kappa shape index (κ1) is 15.7. The third-order valence-corrected chi connectivity index (χ3v) is 3.51. The Morgan fingerprint density at radius 2 is 1.68 bits per heavy atom. The lowest BCUT2D eigenvalue weighted by Gasteiger charge is -2.24. The predicted octanol–water partition coefficient (Wildman–Crippen LogP) is 3.15. The van der Waals surface area contributed by atoms with Gasteiger partial charge in [0.05, 0.1) is 13.0 Å². The van der Waals surface area contributed by atoms with Gasteiger partial charge in [-0.3, -0.25) is 4.79 Å². The van der Waals surface area contributed by atoms with Crippen molar-refractivity contribution in [1.82, 2.24) is 0 Å². The molecule has 0 aliphatic carbocycles. The maximum atomic E-state index is 10.9. The van der Waals surface area contributed by atoms with E-state index in [9.17, 15) is 9.90 Å². The molecule has 3 nitrogen and oxygen atoms in total. The number of aliphatic hydroxyl groups is 1. The van der Waals surface area contributed by atoms with Gasteiger partial charge in [-0.05, 0) is 41.5 Å². The fourth-order valence-electron chi connectivity index (χ4n) is 2.52. The fourth-order valence-corrected chi connectivity index (χ4v) is 2.52. The van der Waals surface area contributed by atoms with Gasteiger partial charge in [0.25, 0.3) is 0 Å². The third kappa shape index (κ3) is 3.80. The predicted molar refractivity (Wildman–Crippen MR) is 76.7 cm³/mol. The molecular formula is C16H24O3. The molecule has 0 heterocycles. The van der Waals surface area contributed by atoms with Crippen LogP contribution in [0.25, 0.3) is 0 Å². The van der Waals surface area contributed by atoms with Crippen molar-refractivity contribution in [1.29, 1.82) is 0 Å². The van der Waals surface area contributed by atoms with Crippen molar-refractivity contribution in [2.24, 2.45) is 0 Å². The van der Waals surface area contributed by atoms with Gasteiger partial charge in [0.2, 0.25) is 0 Å². The van der Waals surface area contributed by atoms with Crippen LogP contribution in [-0.4, -0.2) is 22.8 Å². The minimum Gasteiger partial charge on any atom is -0.481 e. The topological polar surface area (TPSA) is 57.5 Å². The Labute approximate surface area is 115 Å². The number of rotatable bonds is 4. The number of aryl methyl sites for hydroxylation is 2. The van der Waals surface area contributed by atoms with Gasteiger partial charge in [0.15, 0.2) is 0 Å². The highest BCUT2D eigenvalue weighted by atomic mass is 16.4. The number of aliphatic carboxylic acids is 1. The Bertz CT molecular complexity index is 446. The van der Waals surface area contributed by atoms with E-state index in [1.54, 1.807) is 0 Å². The van der Waals surface area contributed by atoms with Crippen LogP contribution in [0.4, 0.5) is 0 Å². The van der Waals surface area contributed by atoms with Gasteiger partial charge in [-0.25, -0.2) is 0 Å². The number of benzene rings is 1. The van der Waals surface area contributed by atoms with Crippen LogP contribution in [0.2, 0.25) is 0 Å². The molecule has 19 heavy (non-hydrogen) atoms. The van der Waals surface area contributed by atoms with Gasteiger partial charge in [0.1, 0.15) is 0 Å². The quantitative estimate of drug-likeness (QED) is 0.878. The van der Waals surface area contributed by atoms with Crippen molar-refractivity contribution in [3.05, 3.63) is 34.4 Å². The number of carbonyl (C=O) groups is 1. The summed E-state index contributed by atoms with van der Waals surface area (Å²) >= 11 is 0. The molecule has 0 aromatic heterocycles. The van der Waals surface area contributed by atoms with E-state index in [0.717, 1.165) is 16.7 Å². The normalized spacial score (nSPS) is 13.4. The second-order valence-electron chi connectivity index (χ2n) is 6.25. The molecule has 0 amide bonds. The summed E-state index contributed by atoms with van der Waals surface area (Å²) in [4.78, 5) is 10.9. The van der Waals surface area contributed by atoms with Crippen LogP contribution in [0, 0.1) is 13.8 Å². The standard InChI is InChI=1S/C16H24O3/c1-10-6-13(16(3,4)5)7-11(2)15(10)12(9-17)8-14(18)19/h6-7,12,17H,8-9H2,1-5H3,(H,18,19). The van der Waals surface area contributed by atoms with Gasteiger partial charge in [-0.2, -0.15) is 0 Å². The zero-order valence-electron chi connectivity index (χ0n) is 12.4. The summed E-state index contributed by atoms with van der Waals surface area (Å²) < 4.78 is 0. The second-order valence-corrected chi connectivity index (χ2v) is 6.25. The Morgan fingerprint density at radius 1 is 1.21 bits per heavy atom. The zero-order valence-corrected chi connectivity index (χ0v) is 12.4. The van der Waals surface area contributed by atoms with E-state index in [-0.39, 0.29) is 24.4 Å². The molecule has 0 fully saturated rings. The summed E-state index contributed by atoms with van der Waals surface area (Å²) in [6.45, 7) is 10.3. The average molecular weight is 264 g/mol. The van der Waals surface area contributed by atoms with E-state index >= 15 is 0 Å². The van der Waals surface area contributed by atoms with Gasteiger partial charge in [-0.15, -0.1) is 0 Å². The Kier molecular flexibility index (Phi) is 4.75. The summed E-state index contributed by atoms with van der Waals surface area (Å²) in [5.41, 5.74) is 4.39. The number of hydrogen-bond acceptors (Lipinski definition) is 2. The molecule has 0 saturated heterocycles. The first-order chi connectivity index (χ1) is 8.66. The van der Waals surface area contributed by atoms with Crippen LogP contribution < -0.4 is 0 Å². The highest BCUT2D eigenvalue weighted by Gasteiger charge is 2.22. The molecule has 0 saturated carbocycles. The van der Waals surface area contributed by atoms with E-state index in [1.807, 2.05) is 13.8 Å². The molecule has 3 heteroatoms. The van der Waals surface area contributed by atoms with E-state index in [4.69, 9.17) is 5.11 Å². The largest absolute Gasteiger partial charge is 0.481 e. The van der Waals surface area contributed by atoms with Crippen LogP contribution in [0.1, 0.15) is 55.4 Å². The average Bonchev–Trinajstić information content (AvgIpc) is 2.24. The SMILES string of the molecule is Cc1cc(C(C)(C)C)cc(C)c1C(CO)CC(=O)O. The summed E-state index contributed by atoms with van der Waals surface area (Å²) in [5, 5.41) is 18.4. The minimum atomic E-state index is -0.877. The van der Waals surface area contributed by atoms with E-state index < -0.39 is 5.97 Å². The molecule has 0 aliphatic heterocycles. The Balaban J connectivity index is 3.26. The molecule has 1 unspecified atom stereocenters. The lowest BCUT2D eigenvalue weighted by Crippen LogP contribution is -2.16. The lowest BCUT2D eigenvalue weighted by molar-refractivity contribution is -0.137. The van der Waals surface area contributed by atoms with Crippen molar-refractivity contribution >= 4 is 5.97 Å². The summed E-state index contributed by atoms with van der Waals surface area (Å²) in [6.07, 6.45) is -0.0347. The van der Waals surface area contributed by atoms with E-state index in [2.05, 4.69) is 32.9 Å². The van der Waals surface area contributed by atoms with Crippen LogP contribution >= 0.6 is 0 Å². The maximum absolute atomic E-state index is 10.9. The van der Waals surface area contributed by atoms with Crippen molar-refractivity contribution < 1.29 is 15.0 Å². The smallest absolute Gasteiger partial charge is 0.304 e. The van der Waals surface area contributed by atoms with Gasteiger partial charge in [-0.1, -0.05) is 32.9 Å². The first-order valence-corrected chi connectivity index (χ1v) is 6.61. The van der Waals surface area contributed by atoms with Crippen molar-refractivity contribution in [3.8, 4) is 0 Å². The summed E-state index contributed by atoms with van der Waals surface area (Å²) in [7, 11) is 0. The van der Waals surface area contributed by atoms with Gasteiger partial charge >= 0.3 is 5.97 Å². The maximum Gasteiger partial charge on any atom is 0.304 e. The highest BCUT2D eigenvalue weighted by molar-refractivity contribution is 5.68. The molecule has 1 aromatic carbocycles. The minimum absolute atomic E-state index is 0.0347. The molecule has 1 aromatic rings. The molecule has 1 atom stereocenters. The highest BCUT2D eigenvalue weighted by Crippen LogP contribution is 2.31. The molecule has 106 valence electrons. The monoisotopic (exact) mass is 264 g/mol. The molecule has 2 N–H and O–H groups in total. The number of aliphatic hydroxyl groups excluding tert-OH is 1. The second kappa shape index (κ2) is 5.74. The first-order valence-electron chi connectivity index (χ1n) is 6.61. The molecular weight excluding hydrogens is 240 g/mol. The molecule has 1 rings (SSSR count). The van der Waals surface area contributed by atoms with Crippen LogP contribution in [0.5, 0.6) is 0 Å². The summed E-state index contributed by atoms with van der Waals surface area (Å²) in [6, 6.07) is 4.21. The fraction of sp³-hybridized carbons (Fsp3) is 0.562. The Morgan fingerprint density at radius 3 is 2.00 bits per heavy atom.